The Morgan fingerprint density at radius 2 is 2.29 bits per heavy atom. The van der Waals surface area contributed by atoms with Crippen molar-refractivity contribution in [2.45, 2.75) is 0 Å². The number of aldehydes is 1. The Balaban J connectivity index is 2.67. The van der Waals surface area contributed by atoms with E-state index >= 15 is 0 Å². The standard InChI is InChI=1S/C10H7ClN2O/c11-8-3-1-2-7(6-14)9(8)10-12-4-5-13-10/h1-6H,(H,12,13). The van der Waals surface area contributed by atoms with Crippen molar-refractivity contribution in [1.82, 2.24) is 9.97 Å². The largest absolute Gasteiger partial charge is 0.345 e. The second-order valence-electron chi connectivity index (χ2n) is 2.76. The van der Waals surface area contributed by atoms with Gasteiger partial charge in [-0.25, -0.2) is 4.98 Å². The summed E-state index contributed by atoms with van der Waals surface area (Å²) in [6, 6.07) is 5.17. The van der Waals surface area contributed by atoms with Crippen LogP contribution in [-0.2, 0) is 0 Å². The lowest BCUT2D eigenvalue weighted by atomic mass is 10.1. The quantitative estimate of drug-likeness (QED) is 0.768. The van der Waals surface area contributed by atoms with Crippen molar-refractivity contribution in [3.8, 4) is 11.4 Å². The van der Waals surface area contributed by atoms with E-state index in [0.29, 0.717) is 22.0 Å². The minimum Gasteiger partial charge on any atom is -0.345 e. The third kappa shape index (κ3) is 1.42. The third-order valence-electron chi connectivity index (χ3n) is 1.91. The van der Waals surface area contributed by atoms with Crippen LogP contribution < -0.4 is 0 Å². The minimum atomic E-state index is 0.518. The first-order valence-electron chi connectivity index (χ1n) is 4.06. The molecular weight excluding hydrogens is 200 g/mol. The number of imidazole rings is 1. The molecule has 0 saturated heterocycles. The Hall–Kier alpha value is -1.61. The van der Waals surface area contributed by atoms with Gasteiger partial charge in [-0.3, -0.25) is 4.79 Å². The van der Waals surface area contributed by atoms with Crippen molar-refractivity contribution in [3.05, 3.63) is 41.2 Å². The third-order valence-corrected chi connectivity index (χ3v) is 2.22. The van der Waals surface area contributed by atoms with Gasteiger partial charge in [-0.05, 0) is 6.07 Å². The number of halogens is 1. The van der Waals surface area contributed by atoms with Gasteiger partial charge in [0, 0.05) is 23.5 Å². The summed E-state index contributed by atoms with van der Waals surface area (Å²) in [5.41, 5.74) is 1.18. The molecular formula is C10H7ClN2O. The average Bonchev–Trinajstić information content (AvgIpc) is 2.70. The molecule has 0 bridgehead atoms. The molecule has 0 aliphatic carbocycles. The fourth-order valence-electron chi connectivity index (χ4n) is 1.29. The van der Waals surface area contributed by atoms with Crippen molar-refractivity contribution in [2.75, 3.05) is 0 Å². The van der Waals surface area contributed by atoms with Crippen LogP contribution in [0.15, 0.2) is 30.6 Å². The molecule has 0 spiro atoms. The topological polar surface area (TPSA) is 45.8 Å². The highest BCUT2D eigenvalue weighted by molar-refractivity contribution is 6.33. The van der Waals surface area contributed by atoms with E-state index in [1.54, 1.807) is 30.6 Å². The van der Waals surface area contributed by atoms with Crippen LogP contribution in [0.3, 0.4) is 0 Å². The maximum atomic E-state index is 10.8. The van der Waals surface area contributed by atoms with E-state index in [-0.39, 0.29) is 0 Å². The fraction of sp³-hybridized carbons (Fsp3) is 0. The van der Waals surface area contributed by atoms with Gasteiger partial charge in [0.2, 0.25) is 0 Å². The van der Waals surface area contributed by atoms with Gasteiger partial charge in [0.05, 0.1) is 5.02 Å². The molecule has 0 radical (unpaired) electrons. The van der Waals surface area contributed by atoms with Gasteiger partial charge >= 0.3 is 0 Å². The van der Waals surface area contributed by atoms with Crippen molar-refractivity contribution in [2.24, 2.45) is 0 Å². The molecule has 1 heterocycles. The molecule has 0 aliphatic heterocycles. The van der Waals surface area contributed by atoms with Crippen molar-refractivity contribution in [3.63, 3.8) is 0 Å². The number of aromatic nitrogens is 2. The Morgan fingerprint density at radius 1 is 1.43 bits per heavy atom. The maximum absolute atomic E-state index is 10.8. The highest BCUT2D eigenvalue weighted by atomic mass is 35.5. The minimum absolute atomic E-state index is 0.518. The molecule has 0 fully saturated rings. The van der Waals surface area contributed by atoms with Crippen LogP contribution >= 0.6 is 11.6 Å². The van der Waals surface area contributed by atoms with Crippen LogP contribution in [0.5, 0.6) is 0 Å². The molecule has 1 N–H and O–H groups in total. The predicted octanol–water partition coefficient (Wildman–Crippen LogP) is 2.54. The highest BCUT2D eigenvalue weighted by Crippen LogP contribution is 2.27. The molecule has 0 atom stereocenters. The molecule has 2 rings (SSSR count). The van der Waals surface area contributed by atoms with Gasteiger partial charge in [0.25, 0.3) is 0 Å². The molecule has 0 unspecified atom stereocenters. The van der Waals surface area contributed by atoms with E-state index in [9.17, 15) is 4.79 Å². The number of benzene rings is 1. The highest BCUT2D eigenvalue weighted by Gasteiger charge is 2.10. The molecule has 1 aromatic carbocycles. The molecule has 0 amide bonds. The number of hydrogen-bond acceptors (Lipinski definition) is 2. The van der Waals surface area contributed by atoms with Gasteiger partial charge in [0.15, 0.2) is 6.29 Å². The summed E-state index contributed by atoms with van der Waals surface area (Å²) in [6.07, 6.45) is 4.07. The first-order chi connectivity index (χ1) is 6.83. The van der Waals surface area contributed by atoms with E-state index < -0.39 is 0 Å². The van der Waals surface area contributed by atoms with Gasteiger partial charge in [-0.2, -0.15) is 0 Å². The molecule has 70 valence electrons. The van der Waals surface area contributed by atoms with Crippen LogP contribution in [0.2, 0.25) is 5.02 Å². The van der Waals surface area contributed by atoms with Gasteiger partial charge in [-0.15, -0.1) is 0 Å². The molecule has 0 aliphatic rings. The van der Waals surface area contributed by atoms with E-state index in [1.165, 1.54) is 0 Å². The van der Waals surface area contributed by atoms with Crippen molar-refractivity contribution < 1.29 is 4.79 Å². The number of hydrogen-bond donors (Lipinski definition) is 1. The Morgan fingerprint density at radius 3 is 2.93 bits per heavy atom. The smallest absolute Gasteiger partial charge is 0.150 e. The fourth-order valence-corrected chi connectivity index (χ4v) is 1.56. The Bertz CT molecular complexity index is 451. The summed E-state index contributed by atoms with van der Waals surface area (Å²) in [5.74, 6) is 0.609. The first kappa shape index (κ1) is 8.97. The second-order valence-corrected chi connectivity index (χ2v) is 3.17. The van der Waals surface area contributed by atoms with Crippen molar-refractivity contribution >= 4 is 17.9 Å². The van der Waals surface area contributed by atoms with Crippen LogP contribution in [0.4, 0.5) is 0 Å². The van der Waals surface area contributed by atoms with Gasteiger partial charge < -0.3 is 4.98 Å². The number of carbonyl (C=O) groups is 1. The molecule has 14 heavy (non-hydrogen) atoms. The molecule has 4 heteroatoms. The summed E-state index contributed by atoms with van der Waals surface area (Å²) >= 11 is 5.98. The normalized spacial score (nSPS) is 10.1. The van der Waals surface area contributed by atoms with E-state index in [0.717, 1.165) is 6.29 Å². The van der Waals surface area contributed by atoms with Gasteiger partial charge in [0.1, 0.15) is 5.82 Å². The van der Waals surface area contributed by atoms with Crippen LogP contribution in [0, 0.1) is 0 Å². The van der Waals surface area contributed by atoms with Crippen LogP contribution in [0.25, 0.3) is 11.4 Å². The molecule has 1 aromatic heterocycles. The number of rotatable bonds is 2. The molecule has 2 aromatic rings. The van der Waals surface area contributed by atoms with Crippen LogP contribution in [0.1, 0.15) is 10.4 Å². The molecule has 3 nitrogen and oxygen atoms in total. The monoisotopic (exact) mass is 206 g/mol. The Labute approximate surface area is 85.7 Å². The summed E-state index contributed by atoms with van der Waals surface area (Å²) in [5, 5.41) is 0.518. The molecule has 0 saturated carbocycles. The van der Waals surface area contributed by atoms with Crippen LogP contribution in [-0.4, -0.2) is 16.3 Å². The second kappa shape index (κ2) is 3.64. The lowest BCUT2D eigenvalue weighted by Gasteiger charge is -2.03. The number of H-pyrrole nitrogens is 1. The summed E-state index contributed by atoms with van der Waals surface area (Å²) in [4.78, 5) is 17.7. The number of nitrogens with zero attached hydrogens (tertiary/aromatic N) is 1. The maximum Gasteiger partial charge on any atom is 0.150 e. The average molecular weight is 207 g/mol. The first-order valence-corrected chi connectivity index (χ1v) is 4.44. The summed E-state index contributed by atoms with van der Waals surface area (Å²) < 4.78 is 0. The zero-order valence-electron chi connectivity index (χ0n) is 7.20. The summed E-state index contributed by atoms with van der Waals surface area (Å²) in [6.45, 7) is 0. The van der Waals surface area contributed by atoms with E-state index in [1.807, 2.05) is 0 Å². The van der Waals surface area contributed by atoms with Crippen molar-refractivity contribution in [1.29, 1.82) is 0 Å². The zero-order valence-corrected chi connectivity index (χ0v) is 7.95. The Kier molecular flexibility index (Phi) is 2.33. The SMILES string of the molecule is O=Cc1cccc(Cl)c1-c1ncc[nH]1. The van der Waals surface area contributed by atoms with E-state index in [2.05, 4.69) is 9.97 Å². The lowest BCUT2D eigenvalue weighted by molar-refractivity contribution is 0.112. The number of carbonyl (C=O) groups excluding carboxylic acids is 1. The summed E-state index contributed by atoms with van der Waals surface area (Å²) in [7, 11) is 0. The zero-order chi connectivity index (χ0) is 9.97. The number of nitrogens with one attached hydrogen (secondary N) is 1. The van der Waals surface area contributed by atoms with E-state index in [4.69, 9.17) is 11.6 Å². The van der Waals surface area contributed by atoms with Gasteiger partial charge in [-0.1, -0.05) is 23.7 Å². The lowest BCUT2D eigenvalue weighted by Crippen LogP contribution is -1.90. The number of aromatic amines is 1. The predicted molar refractivity (Wildman–Crippen MR) is 54.4 cm³/mol.